The van der Waals surface area contributed by atoms with Gasteiger partial charge >= 0.3 is 5.63 Å². The van der Waals surface area contributed by atoms with Crippen molar-refractivity contribution in [1.82, 2.24) is 0 Å². The van der Waals surface area contributed by atoms with Crippen molar-refractivity contribution in [2.75, 3.05) is 13.7 Å². The average Bonchev–Trinajstić information content (AvgIpc) is 2.72. The highest BCUT2D eigenvalue weighted by Gasteiger charge is 2.11. The summed E-state index contributed by atoms with van der Waals surface area (Å²) in [4.78, 5) is 24.5. The lowest BCUT2D eigenvalue weighted by Gasteiger charge is -2.08. The number of fused-ring (bicyclic) bond motifs is 3. The van der Waals surface area contributed by atoms with Crippen LogP contribution in [-0.4, -0.2) is 19.5 Å². The summed E-state index contributed by atoms with van der Waals surface area (Å²) in [5, 5.41) is 2.01. The summed E-state index contributed by atoms with van der Waals surface area (Å²) in [7, 11) is 1.55. The molecule has 27 heavy (non-hydrogen) atoms. The van der Waals surface area contributed by atoms with Crippen LogP contribution in [0.15, 0.2) is 75.9 Å². The van der Waals surface area contributed by atoms with Crippen molar-refractivity contribution >= 4 is 27.5 Å². The molecule has 134 valence electrons. The van der Waals surface area contributed by atoms with Gasteiger partial charge < -0.3 is 13.9 Å². The minimum Gasteiger partial charge on any atom is -0.497 e. The predicted molar refractivity (Wildman–Crippen MR) is 103 cm³/mol. The van der Waals surface area contributed by atoms with Gasteiger partial charge in [-0.05, 0) is 30.3 Å². The molecule has 0 spiro atoms. The lowest BCUT2D eigenvalue weighted by molar-refractivity contribution is 0.0921. The van der Waals surface area contributed by atoms with Crippen LogP contribution in [-0.2, 0) is 0 Å². The van der Waals surface area contributed by atoms with E-state index >= 15 is 0 Å². The first-order valence-electron chi connectivity index (χ1n) is 8.41. The molecule has 1 aromatic heterocycles. The van der Waals surface area contributed by atoms with Crippen LogP contribution in [0.3, 0.4) is 0 Å². The Morgan fingerprint density at radius 2 is 1.63 bits per heavy atom. The van der Waals surface area contributed by atoms with Gasteiger partial charge in [-0.1, -0.05) is 30.3 Å². The predicted octanol–water partition coefficient (Wildman–Crippen LogP) is 4.22. The number of hydrogen-bond donors (Lipinski definition) is 0. The van der Waals surface area contributed by atoms with E-state index in [2.05, 4.69) is 0 Å². The largest absolute Gasteiger partial charge is 0.497 e. The highest BCUT2D eigenvalue weighted by atomic mass is 16.5. The SMILES string of the molecule is COc1ccc2c(c1)c(=O)oc1cc(OCC(=O)c3ccccc3)ccc12. The Hall–Kier alpha value is -3.60. The summed E-state index contributed by atoms with van der Waals surface area (Å²) in [5.41, 5.74) is 0.543. The average molecular weight is 360 g/mol. The van der Waals surface area contributed by atoms with Crippen molar-refractivity contribution in [3.05, 3.63) is 82.7 Å². The lowest BCUT2D eigenvalue weighted by Crippen LogP contribution is -2.11. The third-order valence-corrected chi connectivity index (χ3v) is 4.36. The second-order valence-corrected chi connectivity index (χ2v) is 6.04. The molecular formula is C22H16O5. The molecule has 0 fully saturated rings. The van der Waals surface area contributed by atoms with Crippen molar-refractivity contribution < 1.29 is 18.7 Å². The van der Waals surface area contributed by atoms with Crippen LogP contribution < -0.4 is 15.1 Å². The monoisotopic (exact) mass is 360 g/mol. The first-order valence-corrected chi connectivity index (χ1v) is 8.41. The van der Waals surface area contributed by atoms with E-state index in [1.807, 2.05) is 18.2 Å². The van der Waals surface area contributed by atoms with E-state index in [0.717, 1.165) is 10.8 Å². The Bertz CT molecular complexity index is 1190. The van der Waals surface area contributed by atoms with Crippen molar-refractivity contribution in [3.8, 4) is 11.5 Å². The number of carbonyl (C=O) groups is 1. The molecule has 5 heteroatoms. The van der Waals surface area contributed by atoms with Gasteiger partial charge in [0.15, 0.2) is 12.4 Å². The standard InChI is InChI=1S/C22H16O5/c1-25-15-7-9-17-18-10-8-16(12-21(18)27-22(24)19(17)11-15)26-13-20(23)14-5-3-2-4-6-14/h2-12H,13H2,1H3. The number of benzene rings is 3. The van der Waals surface area contributed by atoms with Crippen LogP contribution >= 0.6 is 0 Å². The van der Waals surface area contributed by atoms with Crippen LogP contribution in [0.5, 0.6) is 11.5 Å². The third kappa shape index (κ3) is 3.27. The Morgan fingerprint density at radius 1 is 0.889 bits per heavy atom. The van der Waals surface area contributed by atoms with Crippen molar-refractivity contribution in [3.63, 3.8) is 0 Å². The molecule has 0 unspecified atom stereocenters. The van der Waals surface area contributed by atoms with Gasteiger partial charge in [0.05, 0.1) is 12.5 Å². The molecular weight excluding hydrogens is 344 g/mol. The summed E-state index contributed by atoms with van der Waals surface area (Å²) in [6.45, 7) is -0.0927. The fraction of sp³-hybridized carbons (Fsp3) is 0.0909. The van der Waals surface area contributed by atoms with Gasteiger partial charge in [-0.2, -0.15) is 0 Å². The zero-order valence-electron chi connectivity index (χ0n) is 14.6. The van der Waals surface area contributed by atoms with Gasteiger partial charge in [0.1, 0.15) is 17.1 Å². The zero-order chi connectivity index (χ0) is 18.8. The van der Waals surface area contributed by atoms with Crippen LogP contribution in [0, 0.1) is 0 Å². The van der Waals surface area contributed by atoms with E-state index in [1.54, 1.807) is 55.6 Å². The quantitative estimate of drug-likeness (QED) is 0.303. The number of Topliss-reactive ketones (excluding diaryl/α,β-unsaturated/α-hetero) is 1. The second-order valence-electron chi connectivity index (χ2n) is 6.04. The Morgan fingerprint density at radius 3 is 2.41 bits per heavy atom. The summed E-state index contributed by atoms with van der Waals surface area (Å²) < 4.78 is 16.2. The first-order chi connectivity index (χ1) is 13.2. The molecule has 0 aliphatic rings. The summed E-state index contributed by atoms with van der Waals surface area (Å²) >= 11 is 0. The molecule has 0 saturated carbocycles. The minimum atomic E-state index is -0.450. The van der Waals surface area contributed by atoms with E-state index in [9.17, 15) is 9.59 Å². The maximum absolute atomic E-state index is 12.3. The maximum atomic E-state index is 12.3. The molecule has 0 N–H and O–H groups in total. The minimum absolute atomic E-state index is 0.0927. The number of ether oxygens (including phenoxy) is 2. The van der Waals surface area contributed by atoms with Crippen molar-refractivity contribution in [1.29, 1.82) is 0 Å². The highest BCUT2D eigenvalue weighted by Crippen LogP contribution is 2.28. The third-order valence-electron chi connectivity index (χ3n) is 4.36. The Balaban J connectivity index is 1.65. The molecule has 5 nitrogen and oxygen atoms in total. The molecule has 3 aromatic carbocycles. The number of methoxy groups -OCH3 is 1. The van der Waals surface area contributed by atoms with E-state index in [1.165, 1.54) is 0 Å². The van der Waals surface area contributed by atoms with E-state index in [-0.39, 0.29) is 12.4 Å². The lowest BCUT2D eigenvalue weighted by atomic mass is 10.1. The molecule has 0 aliphatic heterocycles. The maximum Gasteiger partial charge on any atom is 0.344 e. The highest BCUT2D eigenvalue weighted by molar-refractivity contribution is 6.05. The Labute approximate surface area is 154 Å². The molecule has 0 radical (unpaired) electrons. The van der Waals surface area contributed by atoms with Crippen LogP contribution in [0.2, 0.25) is 0 Å². The Kier molecular flexibility index (Phi) is 4.34. The fourth-order valence-corrected chi connectivity index (χ4v) is 2.96. The summed E-state index contributed by atoms with van der Waals surface area (Å²) in [6.07, 6.45) is 0. The summed E-state index contributed by atoms with van der Waals surface area (Å²) in [6, 6.07) is 19.4. The molecule has 0 saturated heterocycles. The van der Waals surface area contributed by atoms with Gasteiger partial charge in [-0.15, -0.1) is 0 Å². The molecule has 0 bridgehead atoms. The summed E-state index contributed by atoms with van der Waals surface area (Å²) in [5.74, 6) is 0.930. The molecule has 4 rings (SSSR count). The van der Waals surface area contributed by atoms with Crippen LogP contribution in [0.25, 0.3) is 21.7 Å². The van der Waals surface area contributed by atoms with Gasteiger partial charge in [0.2, 0.25) is 0 Å². The molecule has 4 aromatic rings. The van der Waals surface area contributed by atoms with Gasteiger partial charge in [0.25, 0.3) is 0 Å². The molecule has 0 atom stereocenters. The smallest absolute Gasteiger partial charge is 0.344 e. The van der Waals surface area contributed by atoms with Crippen molar-refractivity contribution in [2.45, 2.75) is 0 Å². The topological polar surface area (TPSA) is 65.7 Å². The molecule has 0 aliphatic carbocycles. The van der Waals surface area contributed by atoms with Gasteiger partial charge in [-0.3, -0.25) is 4.79 Å². The second kappa shape index (κ2) is 6.96. The number of rotatable bonds is 5. The van der Waals surface area contributed by atoms with E-state index in [4.69, 9.17) is 13.9 Å². The van der Waals surface area contributed by atoms with Crippen LogP contribution in [0.4, 0.5) is 0 Å². The van der Waals surface area contributed by atoms with Gasteiger partial charge in [0, 0.05) is 22.4 Å². The fourth-order valence-electron chi connectivity index (χ4n) is 2.96. The van der Waals surface area contributed by atoms with Crippen molar-refractivity contribution in [2.24, 2.45) is 0 Å². The van der Waals surface area contributed by atoms with E-state index in [0.29, 0.717) is 28.0 Å². The normalized spacial score (nSPS) is 10.9. The van der Waals surface area contributed by atoms with Crippen LogP contribution in [0.1, 0.15) is 10.4 Å². The van der Waals surface area contributed by atoms with Gasteiger partial charge in [-0.25, -0.2) is 4.79 Å². The number of carbonyl (C=O) groups excluding carboxylic acids is 1. The molecule has 0 amide bonds. The zero-order valence-corrected chi connectivity index (χ0v) is 14.6. The van der Waals surface area contributed by atoms with E-state index < -0.39 is 5.63 Å². The first kappa shape index (κ1) is 16.8. The molecule has 1 heterocycles. The number of hydrogen-bond acceptors (Lipinski definition) is 5. The number of ketones is 1.